The predicted octanol–water partition coefficient (Wildman–Crippen LogP) is 1.30. The van der Waals surface area contributed by atoms with Gasteiger partial charge in [0.1, 0.15) is 5.75 Å². The standard InChI is InChI=1S/C11H16O4S/c1-10(12)7-8-15-16(13,14)9-11-5-3-2-4-6-11/h2-6,10,12H,7-9H2,1H3. The minimum absolute atomic E-state index is 0.0207. The fourth-order valence-corrected chi connectivity index (χ4v) is 2.20. The molecule has 1 rings (SSSR count). The van der Waals surface area contributed by atoms with Crippen LogP contribution in [0.15, 0.2) is 30.3 Å². The molecule has 0 spiro atoms. The molecule has 0 bridgehead atoms. The van der Waals surface area contributed by atoms with Crippen molar-refractivity contribution >= 4 is 10.1 Å². The van der Waals surface area contributed by atoms with E-state index in [1.54, 1.807) is 31.2 Å². The maximum Gasteiger partial charge on any atom is 0.271 e. The maximum atomic E-state index is 11.5. The summed E-state index contributed by atoms with van der Waals surface area (Å²) < 4.78 is 27.7. The zero-order valence-corrected chi connectivity index (χ0v) is 9.98. The molecule has 4 nitrogen and oxygen atoms in total. The van der Waals surface area contributed by atoms with E-state index in [9.17, 15) is 8.42 Å². The summed E-state index contributed by atoms with van der Waals surface area (Å²) in [5.74, 6) is -0.131. The summed E-state index contributed by atoms with van der Waals surface area (Å²) in [7, 11) is -3.54. The summed E-state index contributed by atoms with van der Waals surface area (Å²) in [6, 6.07) is 8.84. The Hall–Kier alpha value is -0.910. The zero-order chi connectivity index (χ0) is 12.0. The number of hydrogen-bond donors (Lipinski definition) is 1. The third-order valence-corrected chi connectivity index (χ3v) is 3.20. The molecule has 1 aromatic carbocycles. The van der Waals surface area contributed by atoms with Gasteiger partial charge >= 0.3 is 0 Å². The average Bonchev–Trinajstić information content (AvgIpc) is 2.17. The molecular formula is C11H16O4S. The fraction of sp³-hybridized carbons (Fsp3) is 0.455. The van der Waals surface area contributed by atoms with Crippen LogP contribution >= 0.6 is 0 Å². The highest BCUT2D eigenvalue weighted by Crippen LogP contribution is 2.07. The summed E-state index contributed by atoms with van der Waals surface area (Å²) in [5.41, 5.74) is 0.694. The van der Waals surface area contributed by atoms with Gasteiger partial charge in [0.25, 0.3) is 10.1 Å². The molecule has 0 saturated heterocycles. The van der Waals surface area contributed by atoms with Gasteiger partial charge < -0.3 is 5.11 Å². The van der Waals surface area contributed by atoms with Crippen molar-refractivity contribution in [2.75, 3.05) is 6.61 Å². The van der Waals surface area contributed by atoms with Crippen LogP contribution in [0.25, 0.3) is 0 Å². The molecule has 16 heavy (non-hydrogen) atoms. The van der Waals surface area contributed by atoms with E-state index in [2.05, 4.69) is 0 Å². The molecular weight excluding hydrogens is 228 g/mol. The van der Waals surface area contributed by atoms with Crippen molar-refractivity contribution in [3.8, 4) is 0 Å². The lowest BCUT2D eigenvalue weighted by Gasteiger charge is -2.06. The van der Waals surface area contributed by atoms with E-state index in [0.29, 0.717) is 12.0 Å². The van der Waals surface area contributed by atoms with Crippen LogP contribution in [-0.4, -0.2) is 26.2 Å². The van der Waals surface area contributed by atoms with Gasteiger partial charge in [0.15, 0.2) is 0 Å². The Morgan fingerprint density at radius 1 is 1.31 bits per heavy atom. The first-order valence-electron chi connectivity index (χ1n) is 5.09. The van der Waals surface area contributed by atoms with Gasteiger partial charge in [0, 0.05) is 0 Å². The topological polar surface area (TPSA) is 63.6 Å². The van der Waals surface area contributed by atoms with Crippen molar-refractivity contribution in [1.29, 1.82) is 0 Å². The van der Waals surface area contributed by atoms with E-state index in [4.69, 9.17) is 9.29 Å². The number of hydrogen-bond acceptors (Lipinski definition) is 4. The maximum absolute atomic E-state index is 11.5. The molecule has 1 atom stereocenters. The average molecular weight is 244 g/mol. The van der Waals surface area contributed by atoms with E-state index >= 15 is 0 Å². The van der Waals surface area contributed by atoms with Crippen LogP contribution in [0.4, 0.5) is 0 Å². The van der Waals surface area contributed by atoms with Crippen molar-refractivity contribution in [2.45, 2.75) is 25.2 Å². The number of aliphatic hydroxyl groups excluding tert-OH is 1. The Kier molecular flexibility index (Phi) is 4.92. The quantitative estimate of drug-likeness (QED) is 0.766. The highest BCUT2D eigenvalue weighted by atomic mass is 32.2. The van der Waals surface area contributed by atoms with E-state index in [1.807, 2.05) is 6.07 Å². The van der Waals surface area contributed by atoms with Gasteiger partial charge in [-0.3, -0.25) is 4.18 Å². The second kappa shape index (κ2) is 5.98. The predicted molar refractivity (Wildman–Crippen MR) is 61.3 cm³/mol. The van der Waals surface area contributed by atoms with Crippen LogP contribution in [-0.2, 0) is 20.1 Å². The first-order chi connectivity index (χ1) is 7.49. The molecule has 1 unspecified atom stereocenters. The van der Waals surface area contributed by atoms with Crippen LogP contribution in [0, 0.1) is 0 Å². The minimum atomic E-state index is -3.54. The van der Waals surface area contributed by atoms with Gasteiger partial charge in [-0.1, -0.05) is 30.3 Å². The molecule has 0 amide bonds. The molecule has 0 aliphatic heterocycles. The van der Waals surface area contributed by atoms with E-state index < -0.39 is 16.2 Å². The molecule has 0 aromatic heterocycles. The Morgan fingerprint density at radius 2 is 1.94 bits per heavy atom. The van der Waals surface area contributed by atoms with Gasteiger partial charge in [-0.25, -0.2) is 0 Å². The van der Waals surface area contributed by atoms with Crippen LogP contribution in [0.2, 0.25) is 0 Å². The highest BCUT2D eigenvalue weighted by Gasteiger charge is 2.12. The van der Waals surface area contributed by atoms with Gasteiger partial charge in [0.05, 0.1) is 12.7 Å². The summed E-state index contributed by atoms with van der Waals surface area (Å²) in [4.78, 5) is 0. The zero-order valence-electron chi connectivity index (χ0n) is 9.17. The SMILES string of the molecule is CC(O)CCOS(=O)(=O)Cc1ccccc1. The smallest absolute Gasteiger partial charge is 0.271 e. The lowest BCUT2D eigenvalue weighted by atomic mass is 10.2. The lowest BCUT2D eigenvalue weighted by Crippen LogP contribution is -2.13. The summed E-state index contributed by atoms with van der Waals surface area (Å²) in [6.45, 7) is 1.61. The van der Waals surface area contributed by atoms with Crippen LogP contribution < -0.4 is 0 Å². The van der Waals surface area contributed by atoms with E-state index in [-0.39, 0.29) is 12.4 Å². The third-order valence-electron chi connectivity index (χ3n) is 1.98. The van der Waals surface area contributed by atoms with E-state index in [1.165, 1.54) is 0 Å². The van der Waals surface area contributed by atoms with Crippen molar-refractivity contribution in [3.05, 3.63) is 35.9 Å². The highest BCUT2D eigenvalue weighted by molar-refractivity contribution is 7.85. The molecule has 90 valence electrons. The summed E-state index contributed by atoms with van der Waals surface area (Å²) >= 11 is 0. The van der Waals surface area contributed by atoms with Crippen LogP contribution in [0.3, 0.4) is 0 Å². The van der Waals surface area contributed by atoms with Gasteiger partial charge in [-0.2, -0.15) is 8.42 Å². The van der Waals surface area contributed by atoms with Gasteiger partial charge in [-0.15, -0.1) is 0 Å². The first kappa shape index (κ1) is 13.2. The monoisotopic (exact) mass is 244 g/mol. The number of benzene rings is 1. The first-order valence-corrected chi connectivity index (χ1v) is 6.66. The third kappa shape index (κ3) is 5.25. The van der Waals surface area contributed by atoms with Gasteiger partial charge in [0.2, 0.25) is 0 Å². The molecule has 0 aliphatic rings. The molecule has 0 heterocycles. The Morgan fingerprint density at radius 3 is 2.50 bits per heavy atom. The van der Waals surface area contributed by atoms with Crippen LogP contribution in [0.5, 0.6) is 0 Å². The summed E-state index contributed by atoms with van der Waals surface area (Å²) in [6.07, 6.45) is -0.236. The Bertz CT molecular complexity index is 397. The summed E-state index contributed by atoms with van der Waals surface area (Å²) in [5, 5.41) is 8.96. The van der Waals surface area contributed by atoms with Crippen molar-refractivity contribution in [2.24, 2.45) is 0 Å². The molecule has 0 aliphatic carbocycles. The Labute approximate surface area is 96.0 Å². The molecule has 1 N–H and O–H groups in total. The second-order valence-corrected chi connectivity index (χ2v) is 5.29. The van der Waals surface area contributed by atoms with Gasteiger partial charge in [-0.05, 0) is 18.9 Å². The second-order valence-electron chi connectivity index (χ2n) is 3.65. The van der Waals surface area contributed by atoms with E-state index in [0.717, 1.165) is 0 Å². The normalized spacial score (nSPS) is 13.6. The van der Waals surface area contributed by atoms with Crippen molar-refractivity contribution in [3.63, 3.8) is 0 Å². The molecule has 0 radical (unpaired) electrons. The molecule has 0 saturated carbocycles. The van der Waals surface area contributed by atoms with Crippen molar-refractivity contribution < 1.29 is 17.7 Å². The number of rotatable bonds is 6. The fourth-order valence-electron chi connectivity index (χ4n) is 1.17. The van der Waals surface area contributed by atoms with Crippen molar-refractivity contribution in [1.82, 2.24) is 0 Å². The van der Waals surface area contributed by atoms with Crippen LogP contribution in [0.1, 0.15) is 18.9 Å². The molecule has 5 heteroatoms. The largest absolute Gasteiger partial charge is 0.393 e. The Balaban J connectivity index is 2.46. The molecule has 1 aromatic rings. The minimum Gasteiger partial charge on any atom is -0.393 e. The number of aliphatic hydroxyl groups is 1. The lowest BCUT2D eigenvalue weighted by molar-refractivity contribution is 0.157. The molecule has 0 fully saturated rings.